The van der Waals surface area contributed by atoms with Crippen molar-refractivity contribution >= 4 is 0 Å². The first kappa shape index (κ1) is 14.8. The van der Waals surface area contributed by atoms with E-state index in [1.807, 2.05) is 0 Å². The van der Waals surface area contributed by atoms with Gasteiger partial charge < -0.3 is 0 Å². The Morgan fingerprint density at radius 1 is 0.850 bits per heavy atom. The monoisotopic (exact) mass is 278 g/mol. The van der Waals surface area contributed by atoms with Crippen LogP contribution in [0.4, 0.5) is 0 Å². The molecular formula is C18H34N2. The predicted molar refractivity (Wildman–Crippen MR) is 86.0 cm³/mol. The Hall–Kier alpha value is -0.0800. The topological polar surface area (TPSA) is 6.48 Å². The van der Waals surface area contributed by atoms with Gasteiger partial charge in [-0.25, -0.2) is 0 Å². The molecule has 3 fully saturated rings. The highest BCUT2D eigenvalue weighted by atomic mass is 15.3. The Morgan fingerprint density at radius 2 is 1.65 bits per heavy atom. The van der Waals surface area contributed by atoms with E-state index in [1.54, 1.807) is 0 Å². The van der Waals surface area contributed by atoms with Gasteiger partial charge in [0.25, 0.3) is 0 Å². The molecule has 0 amide bonds. The Bertz CT molecular complexity index is 304. The van der Waals surface area contributed by atoms with Gasteiger partial charge in [-0.15, -0.1) is 0 Å². The molecule has 0 radical (unpaired) electrons. The zero-order chi connectivity index (χ0) is 13.9. The zero-order valence-corrected chi connectivity index (χ0v) is 13.7. The average molecular weight is 278 g/mol. The first-order valence-corrected chi connectivity index (χ1v) is 9.33. The molecule has 4 unspecified atom stereocenters. The van der Waals surface area contributed by atoms with E-state index in [0.717, 1.165) is 24.0 Å². The van der Waals surface area contributed by atoms with Crippen LogP contribution in [0, 0.1) is 5.92 Å². The second kappa shape index (κ2) is 6.79. The molecule has 0 N–H and O–H groups in total. The molecule has 0 aromatic rings. The van der Waals surface area contributed by atoms with Crippen LogP contribution in [0.5, 0.6) is 0 Å². The van der Waals surface area contributed by atoms with E-state index in [9.17, 15) is 0 Å². The second-order valence-electron chi connectivity index (χ2n) is 7.42. The third kappa shape index (κ3) is 2.92. The van der Waals surface area contributed by atoms with Crippen LogP contribution in [0.25, 0.3) is 0 Å². The molecule has 0 bridgehead atoms. The number of fused-ring (bicyclic) bond motifs is 1. The molecule has 4 atom stereocenters. The van der Waals surface area contributed by atoms with Crippen LogP contribution in [0.1, 0.15) is 71.6 Å². The molecule has 0 spiro atoms. The molecule has 2 heteroatoms. The minimum Gasteiger partial charge on any atom is -0.298 e. The van der Waals surface area contributed by atoms with Crippen molar-refractivity contribution in [1.82, 2.24) is 9.80 Å². The highest BCUT2D eigenvalue weighted by Crippen LogP contribution is 2.35. The Labute approximate surface area is 125 Å². The molecule has 2 saturated heterocycles. The average Bonchev–Trinajstić information content (AvgIpc) is 2.53. The number of nitrogens with zero attached hydrogens (tertiary/aromatic N) is 2. The summed E-state index contributed by atoms with van der Waals surface area (Å²) in [6.07, 6.45) is 13.0. The van der Waals surface area contributed by atoms with Crippen molar-refractivity contribution < 1.29 is 0 Å². The summed E-state index contributed by atoms with van der Waals surface area (Å²) in [5.41, 5.74) is 0. The Balaban J connectivity index is 1.72. The van der Waals surface area contributed by atoms with Crippen molar-refractivity contribution in [2.24, 2.45) is 5.92 Å². The van der Waals surface area contributed by atoms with Gasteiger partial charge in [0.15, 0.2) is 0 Å². The van der Waals surface area contributed by atoms with E-state index < -0.39 is 0 Å². The summed E-state index contributed by atoms with van der Waals surface area (Å²) in [5.74, 6) is 0.980. The van der Waals surface area contributed by atoms with Gasteiger partial charge >= 0.3 is 0 Å². The van der Waals surface area contributed by atoms with Crippen LogP contribution in [0.2, 0.25) is 0 Å². The highest BCUT2D eigenvalue weighted by molar-refractivity contribution is 4.95. The molecular weight excluding hydrogens is 244 g/mol. The summed E-state index contributed by atoms with van der Waals surface area (Å²) < 4.78 is 0. The minimum absolute atomic E-state index is 0.835. The van der Waals surface area contributed by atoms with Gasteiger partial charge in [0, 0.05) is 31.2 Å². The van der Waals surface area contributed by atoms with E-state index in [2.05, 4.69) is 23.6 Å². The van der Waals surface area contributed by atoms with Crippen LogP contribution in [-0.2, 0) is 0 Å². The first-order chi connectivity index (χ1) is 9.83. The fraction of sp³-hybridized carbons (Fsp3) is 1.00. The van der Waals surface area contributed by atoms with Crippen molar-refractivity contribution in [2.75, 3.05) is 19.6 Å². The SMILES string of the molecule is CCC1CCCCC1N1CC2CCCCN2CC1CC. The van der Waals surface area contributed by atoms with Gasteiger partial charge in [0.1, 0.15) is 0 Å². The quantitative estimate of drug-likeness (QED) is 0.772. The van der Waals surface area contributed by atoms with Crippen molar-refractivity contribution in [3.63, 3.8) is 0 Å². The van der Waals surface area contributed by atoms with Crippen molar-refractivity contribution in [1.29, 1.82) is 0 Å². The normalized spacial score (nSPS) is 40.5. The fourth-order valence-electron chi connectivity index (χ4n) is 5.15. The summed E-state index contributed by atoms with van der Waals surface area (Å²) in [7, 11) is 0. The molecule has 1 aliphatic carbocycles. The summed E-state index contributed by atoms with van der Waals surface area (Å²) in [6, 6.07) is 2.62. The molecule has 2 nitrogen and oxygen atoms in total. The lowest BCUT2D eigenvalue weighted by Crippen LogP contribution is -2.63. The number of piperidine rings is 1. The lowest BCUT2D eigenvalue weighted by molar-refractivity contribution is -0.0388. The maximum absolute atomic E-state index is 2.97. The fourth-order valence-corrected chi connectivity index (χ4v) is 5.15. The summed E-state index contributed by atoms with van der Waals surface area (Å²) in [4.78, 5) is 5.79. The molecule has 116 valence electrons. The smallest absolute Gasteiger partial charge is 0.0224 e. The standard InChI is InChI=1S/C18H34N2/c1-3-15-9-5-6-11-18(15)20-14-17-10-7-8-12-19(17)13-16(20)4-2/h15-18H,3-14H2,1-2H3. The first-order valence-electron chi connectivity index (χ1n) is 9.33. The number of piperazine rings is 1. The van der Waals surface area contributed by atoms with Crippen LogP contribution in [0.15, 0.2) is 0 Å². The Morgan fingerprint density at radius 3 is 2.45 bits per heavy atom. The van der Waals surface area contributed by atoms with Crippen molar-refractivity contribution in [3.8, 4) is 0 Å². The maximum atomic E-state index is 2.97. The number of rotatable bonds is 3. The summed E-state index contributed by atoms with van der Waals surface area (Å²) in [6.45, 7) is 8.93. The van der Waals surface area contributed by atoms with Crippen LogP contribution in [-0.4, -0.2) is 47.6 Å². The molecule has 20 heavy (non-hydrogen) atoms. The van der Waals surface area contributed by atoms with E-state index in [4.69, 9.17) is 0 Å². The van der Waals surface area contributed by atoms with Crippen molar-refractivity contribution in [3.05, 3.63) is 0 Å². The van der Waals surface area contributed by atoms with Crippen LogP contribution < -0.4 is 0 Å². The van der Waals surface area contributed by atoms with E-state index in [1.165, 1.54) is 77.4 Å². The maximum Gasteiger partial charge on any atom is 0.0224 e. The number of hydrogen-bond acceptors (Lipinski definition) is 2. The van der Waals surface area contributed by atoms with Gasteiger partial charge in [0.05, 0.1) is 0 Å². The third-order valence-corrected chi connectivity index (χ3v) is 6.38. The lowest BCUT2D eigenvalue weighted by Gasteiger charge is -2.53. The van der Waals surface area contributed by atoms with Gasteiger partial charge in [-0.05, 0) is 44.6 Å². The third-order valence-electron chi connectivity index (χ3n) is 6.38. The van der Waals surface area contributed by atoms with E-state index in [0.29, 0.717) is 0 Å². The summed E-state index contributed by atoms with van der Waals surface area (Å²) in [5, 5.41) is 0. The minimum atomic E-state index is 0.835. The highest BCUT2D eigenvalue weighted by Gasteiger charge is 2.39. The molecule has 0 aromatic heterocycles. The predicted octanol–water partition coefficient (Wildman–Crippen LogP) is 3.90. The molecule has 3 rings (SSSR count). The molecule has 1 saturated carbocycles. The van der Waals surface area contributed by atoms with Gasteiger partial charge in [0.2, 0.25) is 0 Å². The van der Waals surface area contributed by atoms with Gasteiger partial charge in [-0.2, -0.15) is 0 Å². The Kier molecular flexibility index (Phi) is 5.04. The number of hydrogen-bond donors (Lipinski definition) is 0. The largest absolute Gasteiger partial charge is 0.298 e. The van der Waals surface area contributed by atoms with Gasteiger partial charge in [-0.1, -0.05) is 39.5 Å². The lowest BCUT2D eigenvalue weighted by atomic mass is 9.80. The summed E-state index contributed by atoms with van der Waals surface area (Å²) >= 11 is 0. The molecule has 0 aromatic carbocycles. The molecule has 2 heterocycles. The van der Waals surface area contributed by atoms with Crippen LogP contribution in [0.3, 0.4) is 0 Å². The molecule has 3 aliphatic rings. The molecule has 2 aliphatic heterocycles. The zero-order valence-electron chi connectivity index (χ0n) is 13.7. The van der Waals surface area contributed by atoms with Crippen molar-refractivity contribution in [2.45, 2.75) is 89.8 Å². The van der Waals surface area contributed by atoms with Gasteiger partial charge in [-0.3, -0.25) is 9.80 Å². The van der Waals surface area contributed by atoms with E-state index in [-0.39, 0.29) is 0 Å². The van der Waals surface area contributed by atoms with Crippen LogP contribution >= 0.6 is 0 Å². The van der Waals surface area contributed by atoms with E-state index >= 15 is 0 Å². The second-order valence-corrected chi connectivity index (χ2v) is 7.42.